The first kappa shape index (κ1) is 31.3. The Hall–Kier alpha value is -2.64. The average Bonchev–Trinajstić information content (AvgIpc) is 3.41. The van der Waals surface area contributed by atoms with Crippen molar-refractivity contribution < 1.29 is 12.6 Å². The van der Waals surface area contributed by atoms with Crippen molar-refractivity contribution in [2.24, 2.45) is 0 Å². The second-order valence-corrected chi connectivity index (χ2v) is 13.8. The van der Waals surface area contributed by atoms with Crippen LogP contribution in [0.25, 0.3) is 22.2 Å². The molecule has 2 aromatic carbocycles. The number of likely N-dealkylation sites (N-methyl/N-ethyl adjacent to an activating group) is 1. The minimum Gasteiger partial charge on any atom is -0.370 e. The highest BCUT2D eigenvalue weighted by Crippen LogP contribution is 2.39. The van der Waals surface area contributed by atoms with Crippen molar-refractivity contribution in [1.82, 2.24) is 23.7 Å². The van der Waals surface area contributed by atoms with E-state index in [9.17, 15) is 8.42 Å². The number of benzene rings is 2. The molecule has 2 aliphatic heterocycles. The van der Waals surface area contributed by atoms with Crippen molar-refractivity contribution in [1.29, 1.82) is 0 Å². The molecule has 4 aromatic rings. The first-order valence-electron chi connectivity index (χ1n) is 14.6. The van der Waals surface area contributed by atoms with Crippen LogP contribution in [0.15, 0.2) is 48.8 Å². The Bertz CT molecular complexity index is 1770. The number of piperazine rings is 1. The van der Waals surface area contributed by atoms with Crippen LogP contribution in [0.3, 0.4) is 0 Å². The van der Waals surface area contributed by atoms with Crippen LogP contribution >= 0.6 is 34.8 Å². The topological polar surface area (TPSA) is 95.8 Å². The van der Waals surface area contributed by atoms with Gasteiger partial charge in [0.05, 0.1) is 50.5 Å². The maximum absolute atomic E-state index is 12.8. The van der Waals surface area contributed by atoms with E-state index >= 15 is 0 Å². The predicted octanol–water partition coefficient (Wildman–Crippen LogP) is 6.15. The number of nitrogens with zero attached hydrogens (tertiary/aromatic N) is 6. The van der Waals surface area contributed by atoms with E-state index in [-0.39, 0.29) is 17.6 Å². The van der Waals surface area contributed by atoms with Crippen LogP contribution in [0.5, 0.6) is 0 Å². The lowest BCUT2D eigenvalue weighted by atomic mass is 10.0. The molecule has 4 heterocycles. The fourth-order valence-corrected chi connectivity index (χ4v) is 7.73. The number of hydrogen-bond acceptors (Lipinski definition) is 9. The minimum absolute atomic E-state index is 0.00347. The van der Waals surface area contributed by atoms with Gasteiger partial charge in [0.25, 0.3) is 0 Å². The van der Waals surface area contributed by atoms with Gasteiger partial charge in [0, 0.05) is 62.5 Å². The summed E-state index contributed by atoms with van der Waals surface area (Å²) in [6.07, 6.45) is 5.09. The van der Waals surface area contributed by atoms with E-state index in [2.05, 4.69) is 37.0 Å². The number of piperidine rings is 1. The van der Waals surface area contributed by atoms with E-state index in [1.807, 2.05) is 12.1 Å². The molecule has 0 aliphatic carbocycles. The summed E-state index contributed by atoms with van der Waals surface area (Å²) >= 11 is 20.1. The Morgan fingerprint density at radius 3 is 2.43 bits per heavy atom. The summed E-state index contributed by atoms with van der Waals surface area (Å²) in [5.74, 6) is 0.229. The van der Waals surface area contributed by atoms with Gasteiger partial charge in [-0.05, 0) is 45.0 Å². The molecule has 14 heteroatoms. The van der Waals surface area contributed by atoms with Crippen molar-refractivity contribution in [3.8, 4) is 11.3 Å². The maximum Gasteiger partial charge on any atom is 0.366 e. The summed E-state index contributed by atoms with van der Waals surface area (Å²) in [6.45, 7) is 7.93. The predicted molar refractivity (Wildman–Crippen MR) is 178 cm³/mol. The Kier molecular flexibility index (Phi) is 9.26. The molecule has 2 saturated heterocycles. The van der Waals surface area contributed by atoms with E-state index in [1.165, 1.54) is 12.4 Å². The summed E-state index contributed by atoms with van der Waals surface area (Å²) in [4.78, 5) is 16.3. The number of hydrogen-bond donors (Lipinski definition) is 1. The summed E-state index contributed by atoms with van der Waals surface area (Å²) < 4.78 is 31.8. The summed E-state index contributed by atoms with van der Waals surface area (Å²) in [6, 6.07) is 11.3. The molecule has 0 saturated carbocycles. The van der Waals surface area contributed by atoms with Crippen molar-refractivity contribution >= 4 is 73.3 Å². The number of nitrogens with one attached hydrogen (secondary N) is 1. The van der Waals surface area contributed by atoms with E-state index in [0.717, 1.165) is 61.8 Å². The van der Waals surface area contributed by atoms with Gasteiger partial charge in [-0.25, -0.2) is 13.9 Å². The summed E-state index contributed by atoms with van der Waals surface area (Å²) in [5.41, 5.74) is 2.76. The Balaban J connectivity index is 1.22. The third-order valence-corrected chi connectivity index (χ3v) is 10.5. The van der Waals surface area contributed by atoms with Crippen LogP contribution in [0.2, 0.25) is 15.1 Å². The van der Waals surface area contributed by atoms with Crippen molar-refractivity contribution in [2.75, 3.05) is 63.1 Å². The molecule has 0 radical (unpaired) electrons. The number of para-hydroxylation sites is 1. The third kappa shape index (κ3) is 6.37. The van der Waals surface area contributed by atoms with Gasteiger partial charge >= 0.3 is 10.3 Å². The molecular weight excluding hydrogens is 645 g/mol. The Labute approximate surface area is 272 Å². The lowest BCUT2D eigenvalue weighted by Gasteiger charge is -2.42. The Morgan fingerprint density at radius 1 is 0.977 bits per heavy atom. The van der Waals surface area contributed by atoms with Crippen molar-refractivity contribution in [3.63, 3.8) is 0 Å². The average molecular weight is 679 g/mol. The van der Waals surface area contributed by atoms with Crippen LogP contribution in [-0.4, -0.2) is 91.1 Å². The van der Waals surface area contributed by atoms with Crippen LogP contribution in [0.1, 0.15) is 19.8 Å². The first-order valence-corrected chi connectivity index (χ1v) is 17.1. The number of anilines is 3. The van der Waals surface area contributed by atoms with Crippen molar-refractivity contribution in [2.45, 2.75) is 25.8 Å². The molecular formula is C30H34Cl3N7O3S. The first-order chi connectivity index (χ1) is 21.1. The molecule has 44 heavy (non-hydrogen) atoms. The zero-order valence-electron chi connectivity index (χ0n) is 24.5. The molecule has 1 N–H and O–H groups in total. The number of halogens is 3. The normalized spacial score (nSPS) is 17.4. The molecule has 0 atom stereocenters. The van der Waals surface area contributed by atoms with Crippen LogP contribution in [-0.2, 0) is 14.5 Å². The van der Waals surface area contributed by atoms with Gasteiger partial charge < -0.3 is 15.1 Å². The largest absolute Gasteiger partial charge is 0.370 e. The number of rotatable bonds is 8. The summed E-state index contributed by atoms with van der Waals surface area (Å²) in [5, 5.41) is 5.12. The number of fused-ring (bicyclic) bond motifs is 1. The second kappa shape index (κ2) is 13.0. The minimum atomic E-state index is -4.06. The van der Waals surface area contributed by atoms with Crippen LogP contribution in [0.4, 0.5) is 17.3 Å². The zero-order chi connectivity index (χ0) is 31.0. The van der Waals surface area contributed by atoms with Gasteiger partial charge in [0.15, 0.2) is 0 Å². The van der Waals surface area contributed by atoms with Gasteiger partial charge in [-0.1, -0.05) is 53.0 Å². The van der Waals surface area contributed by atoms with E-state index < -0.39 is 10.3 Å². The SMILES string of the molecule is CCOS(=O)(=O)n1cc(-c2nc(Nc3cc(Cl)c(N4CCC(N5CCN(C)CC5)CC4)cc3Cl)ncc2Cl)c2ccccc21. The van der Waals surface area contributed by atoms with Crippen molar-refractivity contribution in [3.05, 3.63) is 63.9 Å². The lowest BCUT2D eigenvalue weighted by molar-refractivity contribution is 0.0982. The monoisotopic (exact) mass is 677 g/mol. The molecule has 0 unspecified atom stereocenters. The molecule has 0 amide bonds. The molecule has 2 fully saturated rings. The van der Waals surface area contributed by atoms with Gasteiger partial charge in [0.2, 0.25) is 5.95 Å². The van der Waals surface area contributed by atoms with Gasteiger partial charge in [-0.15, -0.1) is 0 Å². The molecule has 0 spiro atoms. The van der Waals surface area contributed by atoms with E-state index in [1.54, 1.807) is 31.2 Å². The maximum atomic E-state index is 12.8. The van der Waals surface area contributed by atoms with Gasteiger partial charge in [-0.2, -0.15) is 8.42 Å². The van der Waals surface area contributed by atoms with Gasteiger partial charge in [-0.3, -0.25) is 9.08 Å². The van der Waals surface area contributed by atoms with E-state index in [4.69, 9.17) is 39.0 Å². The highest BCUT2D eigenvalue weighted by molar-refractivity contribution is 7.85. The van der Waals surface area contributed by atoms with Crippen LogP contribution < -0.4 is 10.2 Å². The second-order valence-electron chi connectivity index (χ2n) is 11.1. The van der Waals surface area contributed by atoms with Gasteiger partial charge in [0.1, 0.15) is 0 Å². The molecule has 2 aromatic heterocycles. The highest BCUT2D eigenvalue weighted by Gasteiger charge is 2.28. The fourth-order valence-electron chi connectivity index (χ4n) is 6.00. The lowest BCUT2D eigenvalue weighted by Crippen LogP contribution is -2.52. The smallest absolute Gasteiger partial charge is 0.366 e. The zero-order valence-corrected chi connectivity index (χ0v) is 27.6. The Morgan fingerprint density at radius 2 is 1.70 bits per heavy atom. The number of aromatic nitrogens is 3. The molecule has 234 valence electrons. The standard InChI is InChI=1S/C30H34Cl3N7O3S/c1-3-43-44(41,42)40-19-22(21-6-4-5-7-27(21)40)29-25(33)18-34-30(36-29)35-26-16-24(32)28(17-23(26)31)39-10-8-20(9-11-39)38-14-12-37(2)13-15-38/h4-7,16-20H,3,8-15H2,1-2H3,(H,34,35,36). The highest BCUT2D eigenvalue weighted by atomic mass is 35.5. The van der Waals surface area contributed by atoms with E-state index in [0.29, 0.717) is 43.9 Å². The van der Waals surface area contributed by atoms with Crippen LogP contribution in [0, 0.1) is 0 Å². The fraction of sp³-hybridized carbons (Fsp3) is 0.400. The molecule has 10 nitrogen and oxygen atoms in total. The molecule has 6 rings (SSSR count). The quantitative estimate of drug-likeness (QED) is 0.236. The summed E-state index contributed by atoms with van der Waals surface area (Å²) in [7, 11) is -1.87. The third-order valence-electron chi connectivity index (χ3n) is 8.33. The molecule has 0 bridgehead atoms. The molecule has 2 aliphatic rings.